The van der Waals surface area contributed by atoms with Gasteiger partial charge in [-0.3, -0.25) is 4.90 Å². The molecule has 0 aliphatic carbocycles. The second-order valence-electron chi connectivity index (χ2n) is 4.65. The van der Waals surface area contributed by atoms with Crippen LogP contribution in [0.2, 0.25) is 0 Å². The fourth-order valence-corrected chi connectivity index (χ4v) is 2.36. The Morgan fingerprint density at radius 2 is 1.81 bits per heavy atom. The lowest BCUT2D eigenvalue weighted by molar-refractivity contribution is 0.322. The van der Waals surface area contributed by atoms with E-state index in [1.165, 1.54) is 12.8 Å². The molecule has 0 bridgehead atoms. The molecule has 2 rings (SSSR count). The first-order chi connectivity index (χ1) is 7.59. The van der Waals surface area contributed by atoms with Gasteiger partial charge in [-0.15, -0.1) is 0 Å². The fraction of sp³-hybridized carbons (Fsp3) is 0.538. The first-order valence-corrected chi connectivity index (χ1v) is 5.83. The highest BCUT2D eigenvalue weighted by atomic mass is 16.3. The molecule has 88 valence electrons. The number of benzene rings is 1. The summed E-state index contributed by atoms with van der Waals surface area (Å²) in [6.45, 7) is 6.60. The molecule has 3 heteroatoms. The molecule has 0 spiro atoms. The maximum absolute atomic E-state index is 9.92. The molecule has 0 radical (unpaired) electrons. The zero-order valence-electron chi connectivity index (χ0n) is 9.95. The van der Waals surface area contributed by atoms with Crippen molar-refractivity contribution in [2.45, 2.75) is 33.2 Å². The summed E-state index contributed by atoms with van der Waals surface area (Å²) in [5.74, 6) is 0.617. The van der Waals surface area contributed by atoms with E-state index in [1.54, 1.807) is 6.07 Å². The third-order valence-electron chi connectivity index (χ3n) is 3.42. The number of hydrogen-bond donors (Lipinski definition) is 2. The number of nitrogens with zero attached hydrogens (tertiary/aromatic N) is 1. The van der Waals surface area contributed by atoms with Crippen molar-refractivity contribution in [3.8, 4) is 11.5 Å². The van der Waals surface area contributed by atoms with E-state index in [9.17, 15) is 10.2 Å². The van der Waals surface area contributed by atoms with Crippen LogP contribution in [0.3, 0.4) is 0 Å². The Kier molecular flexibility index (Phi) is 3.06. The molecular formula is C13H19NO2. The highest BCUT2D eigenvalue weighted by Crippen LogP contribution is 2.33. The maximum Gasteiger partial charge on any atom is 0.121 e. The lowest BCUT2D eigenvalue weighted by Gasteiger charge is -2.18. The summed E-state index contributed by atoms with van der Waals surface area (Å²) in [5, 5.41) is 19.8. The van der Waals surface area contributed by atoms with Crippen LogP contribution in [0.4, 0.5) is 0 Å². The number of phenolic OH excluding ortho intramolecular Hbond substituents is 2. The van der Waals surface area contributed by atoms with Gasteiger partial charge in [0.1, 0.15) is 11.5 Å². The van der Waals surface area contributed by atoms with Gasteiger partial charge in [0, 0.05) is 12.1 Å². The van der Waals surface area contributed by atoms with Crippen LogP contribution in [0.5, 0.6) is 11.5 Å². The van der Waals surface area contributed by atoms with Crippen LogP contribution < -0.4 is 0 Å². The van der Waals surface area contributed by atoms with Crippen molar-refractivity contribution in [3.05, 3.63) is 22.8 Å². The first-order valence-electron chi connectivity index (χ1n) is 5.83. The summed E-state index contributed by atoms with van der Waals surface area (Å²) in [7, 11) is 0. The largest absolute Gasteiger partial charge is 0.508 e. The Hall–Kier alpha value is -1.22. The van der Waals surface area contributed by atoms with Crippen LogP contribution in [-0.2, 0) is 6.54 Å². The van der Waals surface area contributed by atoms with E-state index < -0.39 is 0 Å². The van der Waals surface area contributed by atoms with Crippen LogP contribution in [0.15, 0.2) is 6.07 Å². The molecule has 1 aliphatic rings. The second-order valence-corrected chi connectivity index (χ2v) is 4.65. The van der Waals surface area contributed by atoms with E-state index >= 15 is 0 Å². The minimum atomic E-state index is 0.305. The molecule has 0 saturated carbocycles. The minimum Gasteiger partial charge on any atom is -0.508 e. The number of aryl methyl sites for hydroxylation is 1. The SMILES string of the molecule is Cc1cc(O)c(CN2CCCC2)c(C)c1O. The van der Waals surface area contributed by atoms with Crippen LogP contribution in [0.25, 0.3) is 0 Å². The zero-order chi connectivity index (χ0) is 11.7. The smallest absolute Gasteiger partial charge is 0.121 e. The monoisotopic (exact) mass is 221 g/mol. The highest BCUT2D eigenvalue weighted by molar-refractivity contribution is 5.51. The Morgan fingerprint density at radius 1 is 1.19 bits per heavy atom. The third-order valence-corrected chi connectivity index (χ3v) is 3.42. The summed E-state index contributed by atoms with van der Waals surface area (Å²) in [6.07, 6.45) is 2.47. The van der Waals surface area contributed by atoms with Crippen molar-refractivity contribution in [1.29, 1.82) is 0 Å². The van der Waals surface area contributed by atoms with Gasteiger partial charge in [-0.05, 0) is 57.0 Å². The predicted molar refractivity (Wildman–Crippen MR) is 63.8 cm³/mol. The minimum absolute atomic E-state index is 0.305. The predicted octanol–water partition coefficient (Wildman–Crippen LogP) is 2.31. The molecule has 1 heterocycles. The Balaban J connectivity index is 2.28. The Bertz CT molecular complexity index is 395. The fourth-order valence-electron chi connectivity index (χ4n) is 2.36. The molecule has 0 amide bonds. The molecule has 2 N–H and O–H groups in total. The van der Waals surface area contributed by atoms with E-state index in [1.807, 2.05) is 13.8 Å². The number of likely N-dealkylation sites (tertiary alicyclic amines) is 1. The molecule has 1 aliphatic heterocycles. The number of phenols is 2. The van der Waals surface area contributed by atoms with E-state index in [4.69, 9.17) is 0 Å². The lowest BCUT2D eigenvalue weighted by Crippen LogP contribution is -2.19. The Morgan fingerprint density at radius 3 is 2.44 bits per heavy atom. The summed E-state index contributed by atoms with van der Waals surface area (Å²) in [5.41, 5.74) is 2.41. The van der Waals surface area contributed by atoms with Crippen molar-refractivity contribution in [2.24, 2.45) is 0 Å². The lowest BCUT2D eigenvalue weighted by atomic mass is 10.0. The van der Waals surface area contributed by atoms with Crippen molar-refractivity contribution in [1.82, 2.24) is 4.90 Å². The van der Waals surface area contributed by atoms with Gasteiger partial charge in [0.25, 0.3) is 0 Å². The summed E-state index contributed by atoms with van der Waals surface area (Å²) in [6, 6.07) is 1.65. The van der Waals surface area contributed by atoms with E-state index in [2.05, 4.69) is 4.90 Å². The van der Waals surface area contributed by atoms with Gasteiger partial charge in [0.2, 0.25) is 0 Å². The molecule has 0 unspecified atom stereocenters. The van der Waals surface area contributed by atoms with E-state index in [-0.39, 0.29) is 0 Å². The van der Waals surface area contributed by atoms with Gasteiger partial charge in [0.15, 0.2) is 0 Å². The summed E-state index contributed by atoms with van der Waals surface area (Å²) >= 11 is 0. The molecule has 1 aromatic carbocycles. The summed E-state index contributed by atoms with van der Waals surface area (Å²) < 4.78 is 0. The van der Waals surface area contributed by atoms with E-state index in [0.717, 1.165) is 36.3 Å². The number of rotatable bonds is 2. The average molecular weight is 221 g/mol. The van der Waals surface area contributed by atoms with Crippen LogP contribution in [-0.4, -0.2) is 28.2 Å². The highest BCUT2D eigenvalue weighted by Gasteiger charge is 2.17. The van der Waals surface area contributed by atoms with Gasteiger partial charge < -0.3 is 10.2 Å². The van der Waals surface area contributed by atoms with E-state index in [0.29, 0.717) is 11.5 Å². The molecule has 16 heavy (non-hydrogen) atoms. The second kappa shape index (κ2) is 4.34. The number of hydrogen-bond acceptors (Lipinski definition) is 3. The quantitative estimate of drug-likeness (QED) is 0.753. The Labute approximate surface area is 96.3 Å². The molecule has 0 atom stereocenters. The van der Waals surface area contributed by atoms with Crippen molar-refractivity contribution < 1.29 is 10.2 Å². The standard InChI is InChI=1S/C13H19NO2/c1-9-7-12(15)11(10(2)13(9)16)8-14-5-3-4-6-14/h7,15-16H,3-6,8H2,1-2H3. The average Bonchev–Trinajstić information content (AvgIpc) is 2.74. The van der Waals surface area contributed by atoms with Crippen molar-refractivity contribution >= 4 is 0 Å². The first kappa shape index (κ1) is 11.3. The molecule has 1 fully saturated rings. The zero-order valence-corrected chi connectivity index (χ0v) is 9.95. The molecule has 1 saturated heterocycles. The van der Waals surface area contributed by atoms with Gasteiger partial charge >= 0.3 is 0 Å². The van der Waals surface area contributed by atoms with Crippen LogP contribution in [0.1, 0.15) is 29.5 Å². The molecular weight excluding hydrogens is 202 g/mol. The van der Waals surface area contributed by atoms with Gasteiger partial charge in [-0.25, -0.2) is 0 Å². The van der Waals surface area contributed by atoms with Gasteiger partial charge in [-0.2, -0.15) is 0 Å². The van der Waals surface area contributed by atoms with Crippen molar-refractivity contribution in [2.75, 3.05) is 13.1 Å². The third kappa shape index (κ3) is 2.00. The normalized spacial score (nSPS) is 16.9. The number of aromatic hydroxyl groups is 2. The molecule has 1 aromatic rings. The molecule has 3 nitrogen and oxygen atoms in total. The molecule has 0 aromatic heterocycles. The van der Waals surface area contributed by atoms with Gasteiger partial charge in [0.05, 0.1) is 0 Å². The van der Waals surface area contributed by atoms with Crippen LogP contribution in [0, 0.1) is 13.8 Å². The van der Waals surface area contributed by atoms with Crippen LogP contribution >= 0.6 is 0 Å². The topological polar surface area (TPSA) is 43.7 Å². The maximum atomic E-state index is 9.92. The summed E-state index contributed by atoms with van der Waals surface area (Å²) in [4.78, 5) is 2.32. The van der Waals surface area contributed by atoms with Gasteiger partial charge in [-0.1, -0.05) is 0 Å². The van der Waals surface area contributed by atoms with Crippen molar-refractivity contribution in [3.63, 3.8) is 0 Å².